The van der Waals surface area contributed by atoms with Gasteiger partial charge in [0.1, 0.15) is 5.60 Å². The smallest absolute Gasteiger partial charge is 0.306 e. The van der Waals surface area contributed by atoms with Crippen LogP contribution >= 0.6 is 0 Å². The molecule has 6 heteroatoms. The molecule has 21 heavy (non-hydrogen) atoms. The Bertz CT molecular complexity index is 515. The molecule has 1 unspecified atom stereocenters. The minimum absolute atomic E-state index is 0.0852. The van der Waals surface area contributed by atoms with Crippen LogP contribution in [-0.4, -0.2) is 27.3 Å². The van der Waals surface area contributed by atoms with E-state index in [0.717, 1.165) is 11.3 Å². The van der Waals surface area contributed by atoms with Crippen molar-refractivity contribution < 1.29 is 14.3 Å². The number of nitrogens with one attached hydrogen (secondary N) is 1. The van der Waals surface area contributed by atoms with Crippen molar-refractivity contribution in [2.75, 3.05) is 0 Å². The molecule has 6 nitrogen and oxygen atoms in total. The first kappa shape index (κ1) is 17.2. The standard InChI is InChI=1S/C15H25N3O3/c1-10(12-9-18(6)17-11(12)2)16-13(19)7-8-14(20)21-15(3,4)5/h9-10H,7-8H2,1-6H3,(H,16,19). The van der Waals surface area contributed by atoms with Crippen molar-refractivity contribution in [2.24, 2.45) is 7.05 Å². The van der Waals surface area contributed by atoms with E-state index in [1.807, 2.05) is 27.1 Å². The molecule has 118 valence electrons. The molecule has 1 aromatic rings. The molecule has 0 fully saturated rings. The van der Waals surface area contributed by atoms with Gasteiger partial charge < -0.3 is 10.1 Å². The van der Waals surface area contributed by atoms with Gasteiger partial charge in [0.25, 0.3) is 0 Å². The molecule has 0 radical (unpaired) electrons. The number of aryl methyl sites for hydroxylation is 2. The van der Waals surface area contributed by atoms with E-state index in [1.54, 1.807) is 25.5 Å². The van der Waals surface area contributed by atoms with Gasteiger partial charge in [0.15, 0.2) is 0 Å². The molecule has 1 atom stereocenters. The minimum atomic E-state index is -0.520. The second-order valence-electron chi connectivity index (χ2n) is 6.22. The Balaban J connectivity index is 2.44. The monoisotopic (exact) mass is 295 g/mol. The van der Waals surface area contributed by atoms with E-state index < -0.39 is 5.60 Å². The zero-order chi connectivity index (χ0) is 16.2. The summed E-state index contributed by atoms with van der Waals surface area (Å²) in [6, 6.07) is -0.134. The lowest BCUT2D eigenvalue weighted by molar-refractivity contribution is -0.155. The molecule has 1 N–H and O–H groups in total. The third kappa shape index (κ3) is 5.97. The maximum atomic E-state index is 11.9. The van der Waals surface area contributed by atoms with Gasteiger partial charge in [-0.25, -0.2) is 0 Å². The summed E-state index contributed by atoms with van der Waals surface area (Å²) in [7, 11) is 1.84. The van der Waals surface area contributed by atoms with E-state index >= 15 is 0 Å². The summed E-state index contributed by atoms with van der Waals surface area (Å²) in [5, 5.41) is 7.11. The molecule has 1 aromatic heterocycles. The molecular formula is C15H25N3O3. The Morgan fingerprint density at radius 2 is 2.00 bits per heavy atom. The number of carbonyl (C=O) groups excluding carboxylic acids is 2. The topological polar surface area (TPSA) is 73.2 Å². The minimum Gasteiger partial charge on any atom is -0.460 e. The first-order valence-corrected chi connectivity index (χ1v) is 7.10. The van der Waals surface area contributed by atoms with Crippen LogP contribution in [0.25, 0.3) is 0 Å². The summed E-state index contributed by atoms with van der Waals surface area (Å²) in [6.07, 6.45) is 2.09. The van der Waals surface area contributed by atoms with E-state index in [9.17, 15) is 9.59 Å². The Hall–Kier alpha value is -1.85. The van der Waals surface area contributed by atoms with Crippen molar-refractivity contribution >= 4 is 11.9 Å². The molecule has 1 rings (SSSR count). The number of carbonyl (C=O) groups is 2. The van der Waals surface area contributed by atoms with Crippen LogP contribution < -0.4 is 5.32 Å². The molecule has 0 aromatic carbocycles. The highest BCUT2D eigenvalue weighted by Gasteiger charge is 2.18. The zero-order valence-electron chi connectivity index (χ0n) is 13.7. The normalized spacial score (nSPS) is 12.9. The van der Waals surface area contributed by atoms with E-state index in [-0.39, 0.29) is 30.8 Å². The fraction of sp³-hybridized carbons (Fsp3) is 0.667. The van der Waals surface area contributed by atoms with Crippen molar-refractivity contribution in [1.82, 2.24) is 15.1 Å². The molecule has 0 bridgehead atoms. The average Bonchev–Trinajstić information content (AvgIpc) is 2.63. The molecule has 0 aliphatic carbocycles. The number of hydrogen-bond donors (Lipinski definition) is 1. The lowest BCUT2D eigenvalue weighted by Gasteiger charge is -2.19. The van der Waals surface area contributed by atoms with Crippen molar-refractivity contribution in [3.8, 4) is 0 Å². The van der Waals surface area contributed by atoms with Crippen LogP contribution in [0.2, 0.25) is 0 Å². The molecule has 1 heterocycles. The predicted octanol–water partition coefficient (Wildman–Crippen LogP) is 2.03. The van der Waals surface area contributed by atoms with Crippen molar-refractivity contribution in [1.29, 1.82) is 0 Å². The van der Waals surface area contributed by atoms with Crippen LogP contribution in [-0.2, 0) is 21.4 Å². The van der Waals surface area contributed by atoms with Crippen LogP contribution in [0.4, 0.5) is 0 Å². The molecule has 0 aliphatic rings. The van der Waals surface area contributed by atoms with Crippen molar-refractivity contribution in [3.05, 3.63) is 17.5 Å². The first-order chi connectivity index (χ1) is 9.58. The fourth-order valence-electron chi connectivity index (χ4n) is 2.04. The summed E-state index contributed by atoms with van der Waals surface area (Å²) < 4.78 is 6.88. The Kier molecular flexibility index (Phi) is 5.52. The third-order valence-corrected chi connectivity index (χ3v) is 2.87. The van der Waals surface area contributed by atoms with E-state index in [4.69, 9.17) is 4.74 Å². The van der Waals surface area contributed by atoms with Gasteiger partial charge in [-0.3, -0.25) is 14.3 Å². The van der Waals surface area contributed by atoms with Crippen molar-refractivity contribution in [2.45, 2.75) is 59.1 Å². The summed E-state index contributed by atoms with van der Waals surface area (Å²) in [5.41, 5.74) is 1.34. The molecule has 0 saturated carbocycles. The summed E-state index contributed by atoms with van der Waals surface area (Å²) >= 11 is 0. The van der Waals surface area contributed by atoms with Gasteiger partial charge in [-0.2, -0.15) is 5.10 Å². The van der Waals surface area contributed by atoms with Crippen LogP contribution in [0, 0.1) is 6.92 Å². The van der Waals surface area contributed by atoms with Gasteiger partial charge in [-0.15, -0.1) is 0 Å². The first-order valence-electron chi connectivity index (χ1n) is 7.10. The summed E-state index contributed by atoms with van der Waals surface area (Å²) in [6.45, 7) is 9.21. The molecule has 0 spiro atoms. The highest BCUT2D eigenvalue weighted by atomic mass is 16.6. The lowest BCUT2D eigenvalue weighted by Crippen LogP contribution is -2.29. The van der Waals surface area contributed by atoms with E-state index in [0.29, 0.717) is 0 Å². The van der Waals surface area contributed by atoms with E-state index in [2.05, 4.69) is 10.4 Å². The van der Waals surface area contributed by atoms with Crippen LogP contribution in [0.15, 0.2) is 6.20 Å². The van der Waals surface area contributed by atoms with Gasteiger partial charge >= 0.3 is 5.97 Å². The van der Waals surface area contributed by atoms with Gasteiger partial charge in [-0.1, -0.05) is 0 Å². The fourth-order valence-corrected chi connectivity index (χ4v) is 2.04. The predicted molar refractivity (Wildman–Crippen MR) is 79.6 cm³/mol. The summed E-state index contributed by atoms with van der Waals surface area (Å²) in [5.74, 6) is -0.528. The Morgan fingerprint density at radius 3 is 2.48 bits per heavy atom. The number of esters is 1. The maximum absolute atomic E-state index is 11.9. The highest BCUT2D eigenvalue weighted by Crippen LogP contribution is 2.16. The molecular weight excluding hydrogens is 270 g/mol. The Labute approximate surface area is 125 Å². The zero-order valence-corrected chi connectivity index (χ0v) is 13.7. The lowest BCUT2D eigenvalue weighted by atomic mass is 10.1. The number of rotatable bonds is 5. The molecule has 0 aliphatic heterocycles. The van der Waals surface area contributed by atoms with Gasteiger partial charge in [-0.05, 0) is 34.6 Å². The number of hydrogen-bond acceptors (Lipinski definition) is 4. The molecule has 0 saturated heterocycles. The number of amides is 1. The van der Waals surface area contributed by atoms with E-state index in [1.165, 1.54) is 0 Å². The van der Waals surface area contributed by atoms with Crippen LogP contribution in [0.5, 0.6) is 0 Å². The SMILES string of the molecule is Cc1nn(C)cc1C(C)NC(=O)CCC(=O)OC(C)(C)C. The number of nitrogens with zero attached hydrogens (tertiary/aromatic N) is 2. The van der Waals surface area contributed by atoms with Crippen molar-refractivity contribution in [3.63, 3.8) is 0 Å². The number of aromatic nitrogens is 2. The average molecular weight is 295 g/mol. The second kappa shape index (κ2) is 6.74. The van der Waals surface area contributed by atoms with Gasteiger partial charge in [0.05, 0.1) is 18.2 Å². The summed E-state index contributed by atoms with van der Waals surface area (Å²) in [4.78, 5) is 23.4. The Morgan fingerprint density at radius 1 is 1.38 bits per heavy atom. The highest BCUT2D eigenvalue weighted by molar-refractivity contribution is 5.81. The quantitative estimate of drug-likeness (QED) is 0.844. The van der Waals surface area contributed by atoms with Gasteiger partial charge in [0, 0.05) is 25.2 Å². The third-order valence-electron chi connectivity index (χ3n) is 2.87. The largest absolute Gasteiger partial charge is 0.460 e. The maximum Gasteiger partial charge on any atom is 0.306 e. The van der Waals surface area contributed by atoms with Crippen LogP contribution in [0.1, 0.15) is 57.8 Å². The van der Waals surface area contributed by atoms with Gasteiger partial charge in [0.2, 0.25) is 5.91 Å². The second-order valence-corrected chi connectivity index (χ2v) is 6.22. The van der Waals surface area contributed by atoms with Crippen LogP contribution in [0.3, 0.4) is 0 Å². The molecule has 1 amide bonds. The number of ether oxygens (including phenoxy) is 1.